The summed E-state index contributed by atoms with van der Waals surface area (Å²) in [6.07, 6.45) is 11.0. The van der Waals surface area contributed by atoms with Crippen molar-refractivity contribution in [3.05, 3.63) is 0 Å². The normalized spacial score (nSPS) is 13.6. The summed E-state index contributed by atoms with van der Waals surface area (Å²) in [6, 6.07) is 0. The molecule has 0 saturated heterocycles. The summed E-state index contributed by atoms with van der Waals surface area (Å²) < 4.78 is 29.5. The van der Waals surface area contributed by atoms with Crippen LogP contribution in [-0.2, 0) is 19.7 Å². The van der Waals surface area contributed by atoms with Gasteiger partial charge in [0.15, 0.2) is 0 Å². The van der Waals surface area contributed by atoms with Gasteiger partial charge in [0.25, 0.3) is 10.1 Å². The first kappa shape index (κ1) is 29.1. The summed E-state index contributed by atoms with van der Waals surface area (Å²) in [5.41, 5.74) is 0. The molecule has 0 aliphatic carbocycles. The molecule has 9 heteroatoms. The molecule has 0 spiro atoms. The zero-order chi connectivity index (χ0) is 20.1. The molecule has 0 aromatic carbocycles. The van der Waals surface area contributed by atoms with Crippen molar-refractivity contribution >= 4 is 22.1 Å². The topological polar surface area (TPSA) is 129 Å². The molecule has 0 bridgehead atoms. The second-order valence-corrected chi connectivity index (χ2v) is 8.72. The Hall–Kier alpha value is -0.150. The van der Waals surface area contributed by atoms with Gasteiger partial charge in [0.05, 0.1) is 6.42 Å². The SMILES string of the molecule is CCCCCCCCCCCCCCC(CC(=O)O)(C(=O)O)S(=O)(=O)O.[H-].[Na+]. The summed E-state index contributed by atoms with van der Waals surface area (Å²) in [6.45, 7) is 2.19. The van der Waals surface area contributed by atoms with E-state index in [9.17, 15) is 27.7 Å². The van der Waals surface area contributed by atoms with E-state index in [1.54, 1.807) is 0 Å². The van der Waals surface area contributed by atoms with Crippen molar-refractivity contribution in [1.29, 1.82) is 0 Å². The van der Waals surface area contributed by atoms with E-state index in [2.05, 4.69) is 6.92 Å². The van der Waals surface area contributed by atoms with Crippen LogP contribution in [0.1, 0.15) is 98.2 Å². The number of carboxylic acids is 2. The van der Waals surface area contributed by atoms with Gasteiger partial charge in [-0.1, -0.05) is 84.0 Å². The number of carboxylic acid groups (broad SMARTS) is 2. The number of unbranched alkanes of at least 4 members (excludes halogenated alkanes) is 11. The van der Waals surface area contributed by atoms with Crippen molar-refractivity contribution in [3.63, 3.8) is 0 Å². The largest absolute Gasteiger partial charge is 1.00 e. The molecule has 0 aromatic rings. The smallest absolute Gasteiger partial charge is 1.00 e. The number of hydrogen-bond acceptors (Lipinski definition) is 4. The molecule has 0 rings (SSSR count). The third-order valence-corrected chi connectivity index (χ3v) is 6.27. The van der Waals surface area contributed by atoms with Gasteiger partial charge in [0, 0.05) is 0 Å². The van der Waals surface area contributed by atoms with E-state index in [-0.39, 0.29) is 37.4 Å². The Balaban J connectivity index is -0.00000312. The summed E-state index contributed by atoms with van der Waals surface area (Å²) >= 11 is 0. The van der Waals surface area contributed by atoms with Crippen LogP contribution in [0.2, 0.25) is 0 Å². The van der Waals surface area contributed by atoms with E-state index < -0.39 is 39.6 Å². The minimum absolute atomic E-state index is 0. The van der Waals surface area contributed by atoms with E-state index >= 15 is 0 Å². The first-order valence-corrected chi connectivity index (χ1v) is 11.0. The van der Waals surface area contributed by atoms with Crippen LogP contribution in [0, 0.1) is 0 Å². The van der Waals surface area contributed by atoms with Gasteiger partial charge in [-0.05, 0) is 6.42 Å². The number of hydrogen-bond donors (Lipinski definition) is 3. The fourth-order valence-corrected chi connectivity index (χ4v) is 4.03. The Kier molecular flexibility index (Phi) is 16.9. The average Bonchev–Trinajstić information content (AvgIpc) is 2.53. The molecule has 0 amide bonds. The van der Waals surface area contributed by atoms with Gasteiger partial charge in [-0.15, -0.1) is 0 Å². The van der Waals surface area contributed by atoms with Crippen molar-refractivity contribution in [2.75, 3.05) is 0 Å². The van der Waals surface area contributed by atoms with Crippen molar-refractivity contribution in [3.8, 4) is 0 Å². The second kappa shape index (κ2) is 15.7. The van der Waals surface area contributed by atoms with Crippen molar-refractivity contribution < 1.29 is 63.8 Å². The maximum atomic E-state index is 11.5. The standard InChI is InChI=1S/C18H34O7S.Na.H/c1-2-3-4-5-6-7-8-9-10-11-12-13-14-18(17(21)22,15-16(19)20)26(23,24)25;;/h2-15H2,1H3,(H,19,20)(H,21,22)(H,23,24,25);;/q;+1;-1. The van der Waals surface area contributed by atoms with Gasteiger partial charge in [0.1, 0.15) is 0 Å². The maximum absolute atomic E-state index is 11.5. The third kappa shape index (κ3) is 12.1. The monoisotopic (exact) mass is 418 g/mol. The molecule has 3 N–H and O–H groups in total. The Morgan fingerprint density at radius 3 is 1.48 bits per heavy atom. The van der Waals surface area contributed by atoms with Gasteiger partial charge in [-0.2, -0.15) is 8.42 Å². The van der Waals surface area contributed by atoms with Gasteiger partial charge >= 0.3 is 41.5 Å². The summed E-state index contributed by atoms with van der Waals surface area (Å²) in [5.74, 6) is -3.38. The minimum atomic E-state index is -5.02. The molecule has 0 radical (unpaired) electrons. The summed E-state index contributed by atoms with van der Waals surface area (Å²) in [5, 5.41) is 18.0. The van der Waals surface area contributed by atoms with Crippen molar-refractivity contribution in [2.45, 2.75) is 102 Å². The molecule has 0 fully saturated rings. The third-order valence-electron chi connectivity index (χ3n) is 4.75. The Morgan fingerprint density at radius 1 is 0.815 bits per heavy atom. The van der Waals surface area contributed by atoms with Crippen LogP contribution >= 0.6 is 0 Å². The Labute approximate surface area is 186 Å². The van der Waals surface area contributed by atoms with Crippen LogP contribution in [0.5, 0.6) is 0 Å². The molecular weight excluding hydrogens is 383 g/mol. The number of aliphatic carboxylic acids is 2. The predicted octanol–water partition coefficient (Wildman–Crippen LogP) is 1.38. The first-order chi connectivity index (χ1) is 12.2. The molecule has 7 nitrogen and oxygen atoms in total. The van der Waals surface area contributed by atoms with Gasteiger partial charge in [-0.25, -0.2) is 0 Å². The second-order valence-electron chi connectivity index (χ2n) is 6.98. The molecule has 156 valence electrons. The van der Waals surface area contributed by atoms with E-state index in [0.29, 0.717) is 6.42 Å². The molecule has 0 saturated carbocycles. The molecule has 1 atom stereocenters. The number of rotatable bonds is 17. The van der Waals surface area contributed by atoms with Crippen LogP contribution in [-0.4, -0.2) is 39.9 Å². The van der Waals surface area contributed by atoms with E-state index in [1.165, 1.54) is 38.5 Å². The van der Waals surface area contributed by atoms with Gasteiger partial charge in [-0.3, -0.25) is 14.1 Å². The van der Waals surface area contributed by atoms with Crippen LogP contribution < -0.4 is 29.6 Å². The maximum Gasteiger partial charge on any atom is 1.00 e. The van der Waals surface area contributed by atoms with E-state index in [1.807, 2.05) is 0 Å². The fourth-order valence-electron chi connectivity index (χ4n) is 3.10. The zero-order valence-electron chi connectivity index (χ0n) is 17.8. The van der Waals surface area contributed by atoms with Crippen LogP contribution in [0.25, 0.3) is 0 Å². The molecule has 0 aromatic heterocycles. The first-order valence-electron chi connectivity index (χ1n) is 9.59. The zero-order valence-corrected chi connectivity index (χ0v) is 19.6. The van der Waals surface area contributed by atoms with E-state index in [4.69, 9.17) is 5.11 Å². The molecule has 27 heavy (non-hydrogen) atoms. The van der Waals surface area contributed by atoms with Crippen LogP contribution in [0.4, 0.5) is 0 Å². The Bertz CT molecular complexity index is 528. The average molecular weight is 419 g/mol. The van der Waals surface area contributed by atoms with Crippen molar-refractivity contribution in [2.24, 2.45) is 0 Å². The summed E-state index contributed by atoms with van der Waals surface area (Å²) in [4.78, 5) is 22.2. The molecule has 0 aliphatic heterocycles. The van der Waals surface area contributed by atoms with Gasteiger partial charge < -0.3 is 11.6 Å². The fraction of sp³-hybridized carbons (Fsp3) is 0.889. The molecule has 0 heterocycles. The minimum Gasteiger partial charge on any atom is -1.00 e. The van der Waals surface area contributed by atoms with Gasteiger partial charge in [0.2, 0.25) is 4.75 Å². The predicted molar refractivity (Wildman–Crippen MR) is 101 cm³/mol. The molecule has 0 aliphatic rings. The molecular formula is C18H35NaO7S. The quantitative estimate of drug-likeness (QED) is 0.185. The summed E-state index contributed by atoms with van der Waals surface area (Å²) in [7, 11) is -5.02. The van der Waals surface area contributed by atoms with E-state index in [0.717, 1.165) is 25.7 Å². The number of carbonyl (C=O) groups is 2. The van der Waals surface area contributed by atoms with Crippen molar-refractivity contribution in [1.82, 2.24) is 0 Å². The Morgan fingerprint density at radius 2 is 1.19 bits per heavy atom. The van der Waals surface area contributed by atoms with Crippen LogP contribution in [0.15, 0.2) is 0 Å². The molecule has 1 unspecified atom stereocenters. The van der Waals surface area contributed by atoms with Crippen LogP contribution in [0.3, 0.4) is 0 Å².